The molecule has 146 valence electrons. The topological polar surface area (TPSA) is 47.9 Å². The quantitative estimate of drug-likeness (QED) is 0.669. The Bertz CT molecular complexity index is 899. The van der Waals surface area contributed by atoms with Gasteiger partial charge in [0.25, 0.3) is 0 Å². The van der Waals surface area contributed by atoms with Crippen LogP contribution in [0, 0.1) is 5.92 Å². The first-order valence-electron chi connectivity index (χ1n) is 9.62. The first-order chi connectivity index (χ1) is 13.5. The molecule has 2 aromatic carbocycles. The van der Waals surface area contributed by atoms with Gasteiger partial charge in [-0.05, 0) is 25.5 Å². The van der Waals surface area contributed by atoms with Gasteiger partial charge in [0.2, 0.25) is 0 Å². The van der Waals surface area contributed by atoms with Gasteiger partial charge in [-0.25, -0.2) is 4.79 Å². The molecule has 1 aliphatic heterocycles. The fraction of sp³-hybridized carbons (Fsp3) is 0.333. The number of ether oxygens (including phenoxy) is 2. The third-order valence-corrected chi connectivity index (χ3v) is 5.35. The number of hydrogen-bond acceptors (Lipinski definition) is 4. The highest BCUT2D eigenvalue weighted by Gasteiger charge is 2.36. The number of para-hydroxylation sites is 1. The molecule has 3 rings (SSSR count). The normalized spacial score (nSPS) is 19.2. The van der Waals surface area contributed by atoms with E-state index >= 15 is 0 Å². The summed E-state index contributed by atoms with van der Waals surface area (Å²) in [6.45, 7) is 6.55. The first-order valence-corrected chi connectivity index (χ1v) is 9.62. The Morgan fingerprint density at radius 1 is 1.04 bits per heavy atom. The minimum absolute atomic E-state index is 0.0803. The molecule has 0 bridgehead atoms. The van der Waals surface area contributed by atoms with Gasteiger partial charge in [0.05, 0.1) is 19.3 Å². The van der Waals surface area contributed by atoms with Crippen molar-refractivity contribution in [2.24, 2.45) is 10.9 Å². The number of methoxy groups -OCH3 is 1. The predicted octanol–water partition coefficient (Wildman–Crippen LogP) is 4.95. The fourth-order valence-corrected chi connectivity index (χ4v) is 3.74. The molecule has 0 saturated heterocycles. The molecule has 0 aromatic heterocycles. The van der Waals surface area contributed by atoms with Crippen LogP contribution in [-0.4, -0.2) is 25.4 Å². The molecule has 0 saturated carbocycles. The van der Waals surface area contributed by atoms with Crippen molar-refractivity contribution in [1.82, 2.24) is 0 Å². The molecule has 2 aromatic rings. The Kier molecular flexibility index (Phi) is 6.30. The number of carbonyl (C=O) groups excluding carboxylic acids is 1. The van der Waals surface area contributed by atoms with E-state index < -0.39 is 0 Å². The molecule has 0 amide bonds. The van der Waals surface area contributed by atoms with E-state index in [1.807, 2.05) is 56.3 Å². The maximum Gasteiger partial charge on any atom is 0.336 e. The smallest absolute Gasteiger partial charge is 0.336 e. The summed E-state index contributed by atoms with van der Waals surface area (Å²) in [5.74, 6) is 0.415. The number of allylic oxidation sites excluding steroid dienone is 1. The third-order valence-electron chi connectivity index (χ3n) is 5.35. The Balaban J connectivity index is 1.89. The fourth-order valence-electron chi connectivity index (χ4n) is 3.74. The zero-order valence-electron chi connectivity index (χ0n) is 16.9. The van der Waals surface area contributed by atoms with Gasteiger partial charge in [0, 0.05) is 35.2 Å². The van der Waals surface area contributed by atoms with Crippen LogP contribution in [0.15, 0.2) is 70.9 Å². The molecule has 2 atom stereocenters. The second kappa shape index (κ2) is 8.87. The van der Waals surface area contributed by atoms with Crippen molar-refractivity contribution in [3.63, 3.8) is 0 Å². The number of aliphatic imine (C=N–C) groups is 1. The predicted molar refractivity (Wildman–Crippen MR) is 112 cm³/mol. The van der Waals surface area contributed by atoms with Gasteiger partial charge in [0.15, 0.2) is 0 Å². The van der Waals surface area contributed by atoms with Crippen molar-refractivity contribution < 1.29 is 14.3 Å². The Morgan fingerprint density at radius 3 is 2.43 bits per heavy atom. The summed E-state index contributed by atoms with van der Waals surface area (Å²) < 4.78 is 11.2. The van der Waals surface area contributed by atoms with E-state index in [1.54, 1.807) is 0 Å². The summed E-state index contributed by atoms with van der Waals surface area (Å²) in [7, 11) is 1.41. The highest BCUT2D eigenvalue weighted by Crippen LogP contribution is 2.42. The van der Waals surface area contributed by atoms with Gasteiger partial charge in [-0.2, -0.15) is 0 Å². The molecule has 2 unspecified atom stereocenters. The van der Waals surface area contributed by atoms with Crippen molar-refractivity contribution in [3.05, 3.63) is 77.0 Å². The monoisotopic (exact) mass is 377 g/mol. The molecule has 4 heteroatoms. The number of hydrogen-bond donors (Lipinski definition) is 0. The maximum absolute atomic E-state index is 12.5. The van der Waals surface area contributed by atoms with Crippen LogP contribution < -0.4 is 4.74 Å². The molecule has 0 fully saturated rings. The van der Waals surface area contributed by atoms with Crippen molar-refractivity contribution >= 4 is 11.7 Å². The van der Waals surface area contributed by atoms with E-state index in [0.29, 0.717) is 17.9 Å². The van der Waals surface area contributed by atoms with Crippen LogP contribution >= 0.6 is 0 Å². The summed E-state index contributed by atoms with van der Waals surface area (Å²) in [6, 6.07) is 18.2. The number of nitrogens with zero attached hydrogens (tertiary/aromatic N) is 1. The lowest BCUT2D eigenvalue weighted by Gasteiger charge is -2.31. The number of carbonyl (C=O) groups is 1. The van der Waals surface area contributed by atoms with Crippen LogP contribution in [-0.2, 0) is 16.0 Å². The molecule has 1 heterocycles. The molecule has 0 radical (unpaired) electrons. The van der Waals surface area contributed by atoms with E-state index in [0.717, 1.165) is 23.4 Å². The lowest BCUT2D eigenvalue weighted by molar-refractivity contribution is -0.136. The van der Waals surface area contributed by atoms with Crippen molar-refractivity contribution in [2.45, 2.75) is 33.1 Å². The number of rotatable bonds is 6. The molecule has 1 aliphatic rings. The maximum atomic E-state index is 12.5. The Labute approximate surface area is 166 Å². The van der Waals surface area contributed by atoms with Crippen LogP contribution in [0.1, 0.15) is 37.8 Å². The standard InChI is InChI=1S/C24H27NO3/c1-16-17(2)25-18(3)23(24(26)27-4)22(16)20-12-8-9-13-21(20)28-15-14-19-10-6-5-7-11-19/h5-13,16,22H,14-15H2,1-4H3. The van der Waals surface area contributed by atoms with Crippen molar-refractivity contribution in [1.29, 1.82) is 0 Å². The SMILES string of the molecule is COC(=O)C1=C(C)N=C(C)C(C)C1c1ccccc1OCCc1ccccc1. The van der Waals surface area contributed by atoms with Crippen LogP contribution in [0.3, 0.4) is 0 Å². The molecular formula is C24H27NO3. The third kappa shape index (κ3) is 4.16. The second-order valence-corrected chi connectivity index (χ2v) is 7.13. The summed E-state index contributed by atoms with van der Waals surface area (Å²) in [4.78, 5) is 17.1. The Hall–Kier alpha value is -2.88. The summed E-state index contributed by atoms with van der Waals surface area (Å²) in [5, 5.41) is 0. The van der Waals surface area contributed by atoms with Crippen LogP contribution in [0.5, 0.6) is 5.75 Å². The zero-order valence-corrected chi connectivity index (χ0v) is 16.9. The van der Waals surface area contributed by atoms with Crippen LogP contribution in [0.4, 0.5) is 0 Å². The molecule has 0 N–H and O–H groups in total. The van der Waals surface area contributed by atoms with Gasteiger partial charge in [0.1, 0.15) is 5.75 Å². The van der Waals surface area contributed by atoms with E-state index in [-0.39, 0.29) is 17.8 Å². The summed E-state index contributed by atoms with van der Waals surface area (Å²) in [6.07, 6.45) is 0.828. The van der Waals surface area contributed by atoms with Gasteiger partial charge in [-0.1, -0.05) is 55.5 Å². The van der Waals surface area contributed by atoms with Crippen LogP contribution in [0.25, 0.3) is 0 Å². The number of benzene rings is 2. The largest absolute Gasteiger partial charge is 0.493 e. The lowest BCUT2D eigenvalue weighted by Crippen LogP contribution is -2.28. The van der Waals surface area contributed by atoms with Gasteiger partial charge >= 0.3 is 5.97 Å². The van der Waals surface area contributed by atoms with E-state index in [9.17, 15) is 4.79 Å². The molecule has 0 aliphatic carbocycles. The highest BCUT2D eigenvalue weighted by atomic mass is 16.5. The molecule has 0 spiro atoms. The van der Waals surface area contributed by atoms with E-state index in [4.69, 9.17) is 9.47 Å². The molecule has 4 nitrogen and oxygen atoms in total. The lowest BCUT2D eigenvalue weighted by atomic mass is 9.76. The number of esters is 1. The molecular weight excluding hydrogens is 350 g/mol. The minimum Gasteiger partial charge on any atom is -0.493 e. The summed E-state index contributed by atoms with van der Waals surface area (Å²) in [5.41, 5.74) is 4.57. The highest BCUT2D eigenvalue weighted by molar-refractivity contribution is 5.97. The summed E-state index contributed by atoms with van der Waals surface area (Å²) >= 11 is 0. The average molecular weight is 377 g/mol. The van der Waals surface area contributed by atoms with E-state index in [1.165, 1.54) is 12.7 Å². The van der Waals surface area contributed by atoms with Gasteiger partial charge in [-0.15, -0.1) is 0 Å². The van der Waals surface area contributed by atoms with Crippen molar-refractivity contribution in [2.75, 3.05) is 13.7 Å². The Morgan fingerprint density at radius 2 is 1.71 bits per heavy atom. The average Bonchev–Trinajstić information content (AvgIpc) is 2.71. The van der Waals surface area contributed by atoms with Gasteiger partial charge < -0.3 is 9.47 Å². The zero-order chi connectivity index (χ0) is 20.1. The van der Waals surface area contributed by atoms with Crippen LogP contribution in [0.2, 0.25) is 0 Å². The molecule has 28 heavy (non-hydrogen) atoms. The van der Waals surface area contributed by atoms with Gasteiger partial charge in [-0.3, -0.25) is 4.99 Å². The second-order valence-electron chi connectivity index (χ2n) is 7.13. The van der Waals surface area contributed by atoms with E-state index in [2.05, 4.69) is 24.0 Å². The first kappa shape index (κ1) is 19.9. The van der Waals surface area contributed by atoms with Crippen molar-refractivity contribution in [3.8, 4) is 5.75 Å². The minimum atomic E-state index is -0.329.